The maximum absolute atomic E-state index is 12.4. The maximum atomic E-state index is 12.4. The molecule has 0 saturated heterocycles. The van der Waals surface area contributed by atoms with Crippen molar-refractivity contribution in [2.75, 3.05) is 13.2 Å². The summed E-state index contributed by atoms with van der Waals surface area (Å²) in [5, 5.41) is 25.5. The van der Waals surface area contributed by atoms with E-state index in [1.165, 1.54) is 6.92 Å². The molecule has 0 saturated carbocycles. The molecule has 11 nitrogen and oxygen atoms in total. The molecule has 0 radical (unpaired) electrons. The van der Waals surface area contributed by atoms with E-state index in [9.17, 15) is 24.3 Å². The van der Waals surface area contributed by atoms with Crippen molar-refractivity contribution >= 4 is 34.6 Å². The lowest BCUT2D eigenvalue weighted by molar-refractivity contribution is -0.138. The van der Waals surface area contributed by atoms with Gasteiger partial charge in [0, 0.05) is 17.1 Å². The number of rotatable bonds is 10. The number of aliphatic hydroxyl groups excluding tert-OH is 1. The van der Waals surface area contributed by atoms with E-state index in [4.69, 9.17) is 10.8 Å². The molecule has 0 spiro atoms. The van der Waals surface area contributed by atoms with Crippen LogP contribution in [0.4, 0.5) is 0 Å². The van der Waals surface area contributed by atoms with Gasteiger partial charge in [0.25, 0.3) is 0 Å². The molecule has 3 atom stereocenters. The number of aromatic nitrogens is 1. The molecule has 0 aliphatic rings. The van der Waals surface area contributed by atoms with Gasteiger partial charge in [0.05, 0.1) is 12.6 Å². The second kappa shape index (κ2) is 10.4. The smallest absolute Gasteiger partial charge is 0.322 e. The molecule has 2 rings (SSSR count). The molecule has 1 aromatic carbocycles. The minimum absolute atomic E-state index is 0.251. The number of carboxylic acid groups (broad SMARTS) is 1. The highest BCUT2D eigenvalue weighted by molar-refractivity contribution is 5.93. The first-order chi connectivity index (χ1) is 14.2. The van der Waals surface area contributed by atoms with Crippen LogP contribution in [0.3, 0.4) is 0 Å². The summed E-state index contributed by atoms with van der Waals surface area (Å²) >= 11 is 0. The molecular weight excluding hydrogens is 394 g/mol. The monoisotopic (exact) mass is 419 g/mol. The van der Waals surface area contributed by atoms with E-state index < -0.39 is 55.0 Å². The predicted molar refractivity (Wildman–Crippen MR) is 107 cm³/mol. The zero-order chi connectivity index (χ0) is 22.3. The van der Waals surface area contributed by atoms with Crippen LogP contribution in [-0.2, 0) is 25.6 Å². The fraction of sp³-hybridized carbons (Fsp3) is 0.368. The van der Waals surface area contributed by atoms with E-state index in [2.05, 4.69) is 20.9 Å². The first-order valence-corrected chi connectivity index (χ1v) is 9.24. The van der Waals surface area contributed by atoms with E-state index in [1.807, 2.05) is 24.3 Å². The minimum atomic E-state index is -1.35. The van der Waals surface area contributed by atoms with Gasteiger partial charge in [-0.15, -0.1) is 0 Å². The van der Waals surface area contributed by atoms with Gasteiger partial charge in [-0.05, 0) is 25.0 Å². The SMILES string of the molecule is CC(NC(=O)C(N)Cc1c[nH]c2ccccc12)C(=O)NC(CO)C(=O)NCC(=O)O. The lowest BCUT2D eigenvalue weighted by Crippen LogP contribution is -2.56. The molecule has 0 aliphatic carbocycles. The Kier molecular flexibility index (Phi) is 7.90. The van der Waals surface area contributed by atoms with Gasteiger partial charge in [-0.2, -0.15) is 0 Å². The number of hydrogen-bond donors (Lipinski definition) is 7. The molecule has 1 heterocycles. The minimum Gasteiger partial charge on any atom is -0.480 e. The maximum Gasteiger partial charge on any atom is 0.322 e. The van der Waals surface area contributed by atoms with Crippen molar-refractivity contribution in [1.29, 1.82) is 0 Å². The number of hydrogen-bond acceptors (Lipinski definition) is 6. The zero-order valence-electron chi connectivity index (χ0n) is 16.3. The topological polar surface area (TPSA) is 187 Å². The molecule has 1 aromatic heterocycles. The van der Waals surface area contributed by atoms with Crippen LogP contribution < -0.4 is 21.7 Å². The largest absolute Gasteiger partial charge is 0.480 e. The van der Waals surface area contributed by atoms with Gasteiger partial charge in [0.1, 0.15) is 18.6 Å². The number of amides is 3. The van der Waals surface area contributed by atoms with Crippen molar-refractivity contribution < 1.29 is 29.4 Å². The fourth-order valence-corrected chi connectivity index (χ4v) is 2.79. The number of nitrogens with one attached hydrogen (secondary N) is 4. The van der Waals surface area contributed by atoms with Crippen molar-refractivity contribution in [1.82, 2.24) is 20.9 Å². The molecular formula is C19H25N5O6. The molecule has 11 heteroatoms. The Morgan fingerprint density at radius 1 is 1.10 bits per heavy atom. The Labute approximate surface area is 172 Å². The van der Waals surface area contributed by atoms with E-state index in [1.54, 1.807) is 6.20 Å². The van der Waals surface area contributed by atoms with Crippen molar-refractivity contribution in [2.45, 2.75) is 31.5 Å². The number of nitrogens with two attached hydrogens (primary N) is 1. The normalized spacial score (nSPS) is 13.8. The first-order valence-electron chi connectivity index (χ1n) is 9.24. The van der Waals surface area contributed by atoms with Crippen molar-refractivity contribution in [3.63, 3.8) is 0 Å². The van der Waals surface area contributed by atoms with E-state index in [0.29, 0.717) is 0 Å². The van der Waals surface area contributed by atoms with Crippen LogP contribution in [0.2, 0.25) is 0 Å². The Bertz CT molecular complexity index is 927. The van der Waals surface area contributed by atoms with Gasteiger partial charge in [-0.3, -0.25) is 19.2 Å². The van der Waals surface area contributed by atoms with Gasteiger partial charge in [-0.1, -0.05) is 18.2 Å². The van der Waals surface area contributed by atoms with Crippen LogP contribution in [0.25, 0.3) is 10.9 Å². The van der Waals surface area contributed by atoms with Gasteiger partial charge in [0.2, 0.25) is 17.7 Å². The molecule has 3 amide bonds. The molecule has 8 N–H and O–H groups in total. The highest BCUT2D eigenvalue weighted by atomic mass is 16.4. The van der Waals surface area contributed by atoms with Crippen LogP contribution in [0.15, 0.2) is 30.5 Å². The van der Waals surface area contributed by atoms with Crippen LogP contribution in [-0.4, -0.2) is 70.2 Å². The van der Waals surface area contributed by atoms with Crippen molar-refractivity contribution in [3.05, 3.63) is 36.0 Å². The Morgan fingerprint density at radius 2 is 1.80 bits per heavy atom. The lowest BCUT2D eigenvalue weighted by Gasteiger charge is -2.20. The quantitative estimate of drug-likeness (QED) is 0.237. The summed E-state index contributed by atoms with van der Waals surface area (Å²) in [5.74, 6) is -3.41. The lowest BCUT2D eigenvalue weighted by atomic mass is 10.0. The molecule has 3 unspecified atom stereocenters. The third-order valence-corrected chi connectivity index (χ3v) is 4.43. The van der Waals surface area contributed by atoms with Gasteiger partial charge in [-0.25, -0.2) is 0 Å². The molecule has 2 aromatic rings. The number of aromatic amines is 1. The number of carbonyl (C=O) groups excluding carboxylic acids is 3. The summed E-state index contributed by atoms with van der Waals surface area (Å²) in [5.41, 5.74) is 7.76. The number of aliphatic hydroxyl groups is 1. The van der Waals surface area contributed by atoms with Crippen molar-refractivity contribution in [3.8, 4) is 0 Å². The van der Waals surface area contributed by atoms with Crippen molar-refractivity contribution in [2.24, 2.45) is 5.73 Å². The Hall–Kier alpha value is -3.44. The Morgan fingerprint density at radius 3 is 2.47 bits per heavy atom. The third kappa shape index (κ3) is 6.03. The molecule has 162 valence electrons. The molecule has 0 aliphatic heterocycles. The van der Waals surface area contributed by atoms with Crippen LogP contribution in [0.1, 0.15) is 12.5 Å². The molecule has 0 fully saturated rings. The van der Waals surface area contributed by atoms with E-state index >= 15 is 0 Å². The number of H-pyrrole nitrogens is 1. The van der Waals surface area contributed by atoms with Crippen LogP contribution >= 0.6 is 0 Å². The van der Waals surface area contributed by atoms with Crippen LogP contribution in [0, 0.1) is 0 Å². The summed E-state index contributed by atoms with van der Waals surface area (Å²) in [6.45, 7) is 0.00730. The summed E-state index contributed by atoms with van der Waals surface area (Å²) in [4.78, 5) is 50.0. The van der Waals surface area contributed by atoms with Gasteiger partial charge in [0.15, 0.2) is 0 Å². The second-order valence-electron chi connectivity index (χ2n) is 6.76. The van der Waals surface area contributed by atoms with Gasteiger partial charge < -0.3 is 36.9 Å². The highest BCUT2D eigenvalue weighted by Gasteiger charge is 2.25. The average Bonchev–Trinajstić information content (AvgIpc) is 3.12. The second-order valence-corrected chi connectivity index (χ2v) is 6.76. The third-order valence-electron chi connectivity index (χ3n) is 4.43. The summed E-state index contributed by atoms with van der Waals surface area (Å²) in [7, 11) is 0. The number of para-hydroxylation sites is 1. The van der Waals surface area contributed by atoms with E-state index in [-0.39, 0.29) is 6.42 Å². The number of carbonyl (C=O) groups is 4. The first kappa shape index (κ1) is 22.8. The highest BCUT2D eigenvalue weighted by Crippen LogP contribution is 2.18. The zero-order valence-corrected chi connectivity index (χ0v) is 16.3. The molecule has 30 heavy (non-hydrogen) atoms. The van der Waals surface area contributed by atoms with Gasteiger partial charge >= 0.3 is 5.97 Å². The number of benzene rings is 1. The predicted octanol–water partition coefficient (Wildman–Crippen LogP) is -1.78. The number of aliphatic carboxylic acids is 1. The summed E-state index contributed by atoms with van der Waals surface area (Å²) in [6, 6.07) is 4.28. The summed E-state index contributed by atoms with van der Waals surface area (Å²) in [6.07, 6.45) is 2.02. The summed E-state index contributed by atoms with van der Waals surface area (Å²) < 4.78 is 0. The molecule has 0 bridgehead atoms. The van der Waals surface area contributed by atoms with E-state index in [0.717, 1.165) is 16.5 Å². The average molecular weight is 419 g/mol. The Balaban J connectivity index is 1.89. The fourth-order valence-electron chi connectivity index (χ4n) is 2.79. The standard InChI is InChI=1S/C19H25N5O6/c1-10(17(28)24-15(9-25)19(30)22-8-16(26)27)23-18(29)13(20)6-11-7-21-14-5-3-2-4-12(11)14/h2-5,7,10,13,15,21,25H,6,8-9,20H2,1H3,(H,22,30)(H,23,29)(H,24,28)(H,26,27). The van der Waals surface area contributed by atoms with Crippen LogP contribution in [0.5, 0.6) is 0 Å². The number of fused-ring (bicyclic) bond motifs is 1. The number of carboxylic acids is 1.